The van der Waals surface area contributed by atoms with E-state index in [1.165, 1.54) is 12.1 Å². The maximum Gasteiger partial charge on any atom is 0.396 e. The molecule has 0 aliphatic carbocycles. The third-order valence-corrected chi connectivity index (χ3v) is 3.93. The average molecular weight is 296 g/mol. The van der Waals surface area contributed by atoms with E-state index in [9.17, 15) is 21.6 Å². The molecule has 7 heteroatoms. The van der Waals surface area contributed by atoms with Gasteiger partial charge in [0.2, 0.25) is 0 Å². The predicted octanol–water partition coefficient (Wildman–Crippen LogP) is 3.29. The van der Waals surface area contributed by atoms with Crippen LogP contribution in [0.3, 0.4) is 0 Å². The highest BCUT2D eigenvalue weighted by molar-refractivity contribution is 7.86. The normalized spacial score (nSPS) is 13.6. The van der Waals surface area contributed by atoms with Crippen molar-refractivity contribution in [1.29, 1.82) is 0 Å². The second-order valence-electron chi connectivity index (χ2n) is 4.91. The van der Waals surface area contributed by atoms with Crippen molar-refractivity contribution in [2.24, 2.45) is 5.41 Å². The summed E-state index contributed by atoms with van der Waals surface area (Å²) in [6, 6.07) is 5.69. The zero-order valence-electron chi connectivity index (χ0n) is 10.8. The Morgan fingerprint density at radius 2 is 1.58 bits per heavy atom. The van der Waals surface area contributed by atoms with Gasteiger partial charge in [0, 0.05) is 0 Å². The fourth-order valence-corrected chi connectivity index (χ4v) is 2.13. The molecule has 0 bridgehead atoms. The van der Waals surface area contributed by atoms with Gasteiger partial charge in [-0.1, -0.05) is 17.7 Å². The summed E-state index contributed by atoms with van der Waals surface area (Å²) in [4.78, 5) is -0.156. The third-order valence-electron chi connectivity index (χ3n) is 2.65. The lowest BCUT2D eigenvalue weighted by atomic mass is 9.94. The van der Waals surface area contributed by atoms with Crippen molar-refractivity contribution in [3.05, 3.63) is 29.8 Å². The SMILES string of the molecule is Cc1ccc(S(=O)(=O)OCC(C)(C)C(F)(F)F)cc1. The van der Waals surface area contributed by atoms with Crippen molar-refractivity contribution < 1.29 is 25.8 Å². The maximum absolute atomic E-state index is 12.6. The van der Waals surface area contributed by atoms with Crippen LogP contribution in [0.4, 0.5) is 13.2 Å². The second kappa shape index (κ2) is 5.13. The van der Waals surface area contributed by atoms with Crippen molar-refractivity contribution in [2.45, 2.75) is 31.8 Å². The number of benzene rings is 1. The first-order valence-electron chi connectivity index (χ1n) is 5.48. The van der Waals surface area contributed by atoms with Crippen LogP contribution >= 0.6 is 0 Å². The lowest BCUT2D eigenvalue weighted by molar-refractivity contribution is -0.219. The molecule has 108 valence electrons. The zero-order chi connectivity index (χ0) is 14.9. The first-order valence-corrected chi connectivity index (χ1v) is 6.89. The number of hydrogen-bond donors (Lipinski definition) is 0. The summed E-state index contributed by atoms with van der Waals surface area (Å²) in [5.41, 5.74) is -1.39. The molecule has 0 heterocycles. The fourth-order valence-electron chi connectivity index (χ4n) is 1.08. The molecular formula is C12H15F3O3S. The molecule has 19 heavy (non-hydrogen) atoms. The number of rotatable bonds is 4. The summed E-state index contributed by atoms with van der Waals surface area (Å²) in [7, 11) is -4.17. The molecule has 0 aliphatic heterocycles. The molecule has 0 spiro atoms. The van der Waals surface area contributed by atoms with Crippen LogP contribution in [-0.2, 0) is 14.3 Å². The molecule has 0 fully saturated rings. The number of hydrogen-bond acceptors (Lipinski definition) is 3. The smallest absolute Gasteiger partial charge is 0.265 e. The van der Waals surface area contributed by atoms with E-state index in [2.05, 4.69) is 4.18 Å². The Labute approximate surface area is 110 Å². The van der Waals surface area contributed by atoms with Gasteiger partial charge in [-0.25, -0.2) is 0 Å². The van der Waals surface area contributed by atoms with E-state index < -0.39 is 28.3 Å². The lowest BCUT2D eigenvalue weighted by Gasteiger charge is -2.26. The lowest BCUT2D eigenvalue weighted by Crippen LogP contribution is -2.37. The summed E-state index contributed by atoms with van der Waals surface area (Å²) in [5, 5.41) is 0. The highest BCUT2D eigenvalue weighted by Gasteiger charge is 2.48. The molecule has 0 aromatic heterocycles. The van der Waals surface area contributed by atoms with Gasteiger partial charge in [0.1, 0.15) is 0 Å². The Balaban J connectivity index is 2.85. The Morgan fingerprint density at radius 3 is 2.00 bits per heavy atom. The van der Waals surface area contributed by atoms with Gasteiger partial charge in [-0.3, -0.25) is 4.18 Å². The average Bonchev–Trinajstić information content (AvgIpc) is 2.26. The van der Waals surface area contributed by atoms with Gasteiger partial charge in [0.25, 0.3) is 10.1 Å². The van der Waals surface area contributed by atoms with Crippen LogP contribution in [0.5, 0.6) is 0 Å². The molecular weight excluding hydrogens is 281 g/mol. The number of halogens is 3. The molecule has 0 N–H and O–H groups in total. The van der Waals surface area contributed by atoms with Crippen molar-refractivity contribution in [1.82, 2.24) is 0 Å². The highest BCUT2D eigenvalue weighted by atomic mass is 32.2. The molecule has 0 amide bonds. The van der Waals surface area contributed by atoms with Crippen LogP contribution in [0.2, 0.25) is 0 Å². The summed E-state index contributed by atoms with van der Waals surface area (Å²) in [6.45, 7) is 2.59. The molecule has 1 rings (SSSR count). The zero-order valence-corrected chi connectivity index (χ0v) is 11.6. The van der Waals surface area contributed by atoms with Gasteiger partial charge in [-0.05, 0) is 32.9 Å². The standard InChI is InChI=1S/C12H15F3O3S/c1-9-4-6-10(7-5-9)19(16,17)18-8-11(2,3)12(13,14)15/h4-7H,8H2,1-3H3. The van der Waals surface area contributed by atoms with Crippen LogP contribution in [0.25, 0.3) is 0 Å². The van der Waals surface area contributed by atoms with E-state index in [0.29, 0.717) is 0 Å². The monoisotopic (exact) mass is 296 g/mol. The largest absolute Gasteiger partial charge is 0.396 e. The maximum atomic E-state index is 12.6. The predicted molar refractivity (Wildman–Crippen MR) is 64.2 cm³/mol. The summed E-state index contributed by atoms with van der Waals surface area (Å²) in [5.74, 6) is 0. The molecule has 1 aromatic rings. The first kappa shape index (κ1) is 16.0. The van der Waals surface area contributed by atoms with Crippen LogP contribution in [0, 0.1) is 12.3 Å². The minimum absolute atomic E-state index is 0.156. The molecule has 0 radical (unpaired) electrons. The van der Waals surface area contributed by atoms with Gasteiger partial charge in [0.15, 0.2) is 0 Å². The van der Waals surface area contributed by atoms with E-state index in [1.54, 1.807) is 19.1 Å². The van der Waals surface area contributed by atoms with E-state index in [1.807, 2.05) is 0 Å². The number of aryl methyl sites for hydroxylation is 1. The van der Waals surface area contributed by atoms with Gasteiger partial charge >= 0.3 is 6.18 Å². The second-order valence-corrected chi connectivity index (χ2v) is 6.53. The van der Waals surface area contributed by atoms with Gasteiger partial charge < -0.3 is 0 Å². The summed E-state index contributed by atoms with van der Waals surface area (Å²) in [6.07, 6.45) is -4.53. The summed E-state index contributed by atoms with van der Waals surface area (Å²) >= 11 is 0. The fraction of sp³-hybridized carbons (Fsp3) is 0.500. The molecule has 0 unspecified atom stereocenters. The minimum Gasteiger partial charge on any atom is -0.265 e. The third kappa shape index (κ3) is 3.94. The van der Waals surface area contributed by atoms with Crippen molar-refractivity contribution >= 4 is 10.1 Å². The molecule has 0 saturated heterocycles. The van der Waals surface area contributed by atoms with Crippen molar-refractivity contribution in [3.8, 4) is 0 Å². The molecule has 0 atom stereocenters. The Kier molecular flexibility index (Phi) is 4.31. The molecule has 0 aliphatic rings. The Bertz CT molecular complexity index is 530. The van der Waals surface area contributed by atoms with Crippen LogP contribution < -0.4 is 0 Å². The quantitative estimate of drug-likeness (QED) is 0.801. The van der Waals surface area contributed by atoms with E-state index in [0.717, 1.165) is 19.4 Å². The molecule has 3 nitrogen and oxygen atoms in total. The van der Waals surface area contributed by atoms with Gasteiger partial charge in [0.05, 0.1) is 16.9 Å². The van der Waals surface area contributed by atoms with Crippen molar-refractivity contribution in [3.63, 3.8) is 0 Å². The topological polar surface area (TPSA) is 43.4 Å². The molecule has 0 saturated carbocycles. The molecule has 1 aromatic carbocycles. The Morgan fingerprint density at radius 1 is 1.11 bits per heavy atom. The van der Waals surface area contributed by atoms with E-state index >= 15 is 0 Å². The highest BCUT2D eigenvalue weighted by Crippen LogP contribution is 2.38. The number of alkyl halides is 3. The van der Waals surface area contributed by atoms with E-state index in [4.69, 9.17) is 0 Å². The van der Waals surface area contributed by atoms with Crippen LogP contribution in [0.15, 0.2) is 29.2 Å². The van der Waals surface area contributed by atoms with Gasteiger partial charge in [-0.15, -0.1) is 0 Å². The van der Waals surface area contributed by atoms with Crippen molar-refractivity contribution in [2.75, 3.05) is 6.61 Å². The minimum atomic E-state index is -4.53. The first-order chi connectivity index (χ1) is 8.46. The van der Waals surface area contributed by atoms with Gasteiger partial charge in [-0.2, -0.15) is 21.6 Å². The van der Waals surface area contributed by atoms with Crippen LogP contribution in [-0.4, -0.2) is 21.2 Å². The Hall–Kier alpha value is -1.08. The summed E-state index contributed by atoms with van der Waals surface area (Å²) < 4.78 is 65.7. The van der Waals surface area contributed by atoms with E-state index in [-0.39, 0.29) is 4.90 Å². The van der Waals surface area contributed by atoms with Crippen LogP contribution in [0.1, 0.15) is 19.4 Å².